The van der Waals surface area contributed by atoms with E-state index in [1.54, 1.807) is 12.1 Å². The van der Waals surface area contributed by atoms with Gasteiger partial charge in [-0.25, -0.2) is 0 Å². The van der Waals surface area contributed by atoms with Crippen molar-refractivity contribution < 1.29 is 9.47 Å². The van der Waals surface area contributed by atoms with Crippen LogP contribution in [0.5, 0.6) is 11.5 Å². The molecule has 0 saturated heterocycles. The largest absolute Gasteiger partial charge is 0.492 e. The van der Waals surface area contributed by atoms with Gasteiger partial charge in [-0.2, -0.15) is 0 Å². The Kier molecular flexibility index (Phi) is 3.89. The second-order valence-corrected chi connectivity index (χ2v) is 3.03. The second kappa shape index (κ2) is 4.96. The number of anilines is 1. The molecule has 1 aromatic carbocycles. The molecule has 0 unspecified atom stereocenters. The average Bonchev–Trinajstić information content (AvgIpc) is 2.18. The third kappa shape index (κ3) is 2.23. The van der Waals surface area contributed by atoms with Gasteiger partial charge in [0.2, 0.25) is 0 Å². The van der Waals surface area contributed by atoms with Gasteiger partial charge in [-0.05, 0) is 26.0 Å². The number of hydrogen-bond donors (Lipinski definition) is 1. The van der Waals surface area contributed by atoms with Crippen LogP contribution in [0.25, 0.3) is 0 Å². The van der Waals surface area contributed by atoms with Crippen molar-refractivity contribution in [1.82, 2.24) is 0 Å². The topological polar surface area (TPSA) is 44.5 Å². The highest BCUT2D eigenvalue weighted by atomic mass is 35.5. The monoisotopic (exact) mass is 215 g/mol. The molecule has 0 fully saturated rings. The number of ether oxygens (including phenoxy) is 2. The first-order valence-corrected chi connectivity index (χ1v) is 4.92. The van der Waals surface area contributed by atoms with E-state index in [1.807, 2.05) is 13.8 Å². The van der Waals surface area contributed by atoms with E-state index in [9.17, 15) is 0 Å². The Morgan fingerprint density at radius 2 is 1.64 bits per heavy atom. The third-order valence-corrected chi connectivity index (χ3v) is 2.09. The number of halogens is 1. The molecule has 4 heteroatoms. The van der Waals surface area contributed by atoms with Crippen molar-refractivity contribution in [3.8, 4) is 11.5 Å². The molecule has 2 N–H and O–H groups in total. The van der Waals surface area contributed by atoms with Gasteiger partial charge >= 0.3 is 0 Å². The van der Waals surface area contributed by atoms with E-state index >= 15 is 0 Å². The number of nitrogens with two attached hydrogens (primary N) is 1. The minimum Gasteiger partial charge on any atom is -0.492 e. The van der Waals surface area contributed by atoms with E-state index in [0.29, 0.717) is 35.4 Å². The number of rotatable bonds is 4. The zero-order chi connectivity index (χ0) is 10.6. The highest BCUT2D eigenvalue weighted by molar-refractivity contribution is 6.34. The summed E-state index contributed by atoms with van der Waals surface area (Å²) in [5.41, 5.74) is 6.19. The summed E-state index contributed by atoms with van der Waals surface area (Å²) < 4.78 is 10.6. The van der Waals surface area contributed by atoms with Crippen LogP contribution >= 0.6 is 11.6 Å². The summed E-state index contributed by atoms with van der Waals surface area (Å²) in [5, 5.41) is 0.415. The van der Waals surface area contributed by atoms with Crippen molar-refractivity contribution >= 4 is 17.3 Å². The van der Waals surface area contributed by atoms with Crippen LogP contribution in [0.4, 0.5) is 5.69 Å². The number of nitrogen functional groups attached to an aromatic ring is 1. The predicted molar refractivity (Wildman–Crippen MR) is 58.2 cm³/mol. The molecule has 0 bridgehead atoms. The van der Waals surface area contributed by atoms with Gasteiger partial charge in [-0.1, -0.05) is 11.6 Å². The molecule has 1 aromatic rings. The van der Waals surface area contributed by atoms with Gasteiger partial charge in [0.05, 0.1) is 18.9 Å². The van der Waals surface area contributed by atoms with Crippen molar-refractivity contribution in [2.75, 3.05) is 18.9 Å². The molecule has 0 saturated carbocycles. The summed E-state index contributed by atoms with van der Waals surface area (Å²) in [5.74, 6) is 1.19. The maximum Gasteiger partial charge on any atom is 0.143 e. The zero-order valence-corrected chi connectivity index (χ0v) is 9.10. The van der Waals surface area contributed by atoms with E-state index < -0.39 is 0 Å². The summed E-state index contributed by atoms with van der Waals surface area (Å²) in [6.45, 7) is 4.91. The molecule has 0 radical (unpaired) electrons. The van der Waals surface area contributed by atoms with Gasteiger partial charge in [0.15, 0.2) is 0 Å². The molecule has 0 spiro atoms. The van der Waals surface area contributed by atoms with Crippen molar-refractivity contribution in [2.24, 2.45) is 0 Å². The smallest absolute Gasteiger partial charge is 0.143 e. The van der Waals surface area contributed by atoms with Crippen LogP contribution in [0.2, 0.25) is 5.02 Å². The van der Waals surface area contributed by atoms with E-state index in [0.717, 1.165) is 0 Å². The molecular weight excluding hydrogens is 202 g/mol. The van der Waals surface area contributed by atoms with Gasteiger partial charge in [-0.3, -0.25) is 0 Å². The van der Waals surface area contributed by atoms with Crippen molar-refractivity contribution in [3.05, 3.63) is 17.2 Å². The highest BCUT2D eigenvalue weighted by Crippen LogP contribution is 2.37. The highest BCUT2D eigenvalue weighted by Gasteiger charge is 2.09. The molecule has 0 aliphatic carbocycles. The fourth-order valence-electron chi connectivity index (χ4n) is 1.10. The number of benzene rings is 1. The molecule has 14 heavy (non-hydrogen) atoms. The standard InChI is InChI=1S/C10H14ClNO2/c1-3-13-7-5-6-8(14-4-2)10(12)9(7)11/h5-6H,3-4,12H2,1-2H3. The molecule has 1 rings (SSSR count). The maximum atomic E-state index is 5.98. The second-order valence-electron chi connectivity index (χ2n) is 2.66. The Morgan fingerprint density at radius 1 is 1.14 bits per heavy atom. The molecule has 0 atom stereocenters. The van der Waals surface area contributed by atoms with Crippen molar-refractivity contribution in [2.45, 2.75) is 13.8 Å². The lowest BCUT2D eigenvalue weighted by Gasteiger charge is -2.11. The summed E-state index contributed by atoms with van der Waals surface area (Å²) in [6.07, 6.45) is 0. The molecular formula is C10H14ClNO2. The Hall–Kier alpha value is -1.09. The Balaban J connectivity index is 2.99. The molecule has 0 amide bonds. The van der Waals surface area contributed by atoms with Crippen molar-refractivity contribution in [3.63, 3.8) is 0 Å². The van der Waals surface area contributed by atoms with E-state index in [4.69, 9.17) is 26.8 Å². The Morgan fingerprint density at radius 3 is 2.21 bits per heavy atom. The lowest BCUT2D eigenvalue weighted by Crippen LogP contribution is -2.00. The Labute approximate surface area is 88.8 Å². The molecule has 78 valence electrons. The summed E-state index contributed by atoms with van der Waals surface area (Å²) in [7, 11) is 0. The lowest BCUT2D eigenvalue weighted by atomic mass is 10.3. The fraction of sp³-hybridized carbons (Fsp3) is 0.400. The van der Waals surface area contributed by atoms with Gasteiger partial charge in [-0.15, -0.1) is 0 Å². The SMILES string of the molecule is CCOc1ccc(OCC)c(Cl)c1N. The first-order chi connectivity index (χ1) is 6.70. The van der Waals surface area contributed by atoms with Gasteiger partial charge in [0, 0.05) is 0 Å². The fourth-order valence-corrected chi connectivity index (χ4v) is 1.31. The minimum absolute atomic E-state index is 0.415. The lowest BCUT2D eigenvalue weighted by molar-refractivity contribution is 0.332. The minimum atomic E-state index is 0.415. The Bertz CT molecular complexity index is 284. The van der Waals surface area contributed by atoms with Gasteiger partial charge in [0.1, 0.15) is 16.5 Å². The average molecular weight is 216 g/mol. The zero-order valence-electron chi connectivity index (χ0n) is 8.34. The van der Waals surface area contributed by atoms with Gasteiger partial charge < -0.3 is 15.2 Å². The normalized spacial score (nSPS) is 9.93. The van der Waals surface area contributed by atoms with E-state index in [2.05, 4.69) is 0 Å². The van der Waals surface area contributed by atoms with Crippen LogP contribution in [0, 0.1) is 0 Å². The van der Waals surface area contributed by atoms with Crippen LogP contribution in [0.3, 0.4) is 0 Å². The quantitative estimate of drug-likeness (QED) is 0.786. The van der Waals surface area contributed by atoms with Crippen LogP contribution < -0.4 is 15.2 Å². The van der Waals surface area contributed by atoms with Crippen LogP contribution in [-0.4, -0.2) is 13.2 Å². The molecule has 0 aromatic heterocycles. The third-order valence-electron chi connectivity index (χ3n) is 1.70. The molecule has 3 nitrogen and oxygen atoms in total. The molecule has 0 aliphatic rings. The summed E-state index contributed by atoms with van der Waals surface area (Å²) >= 11 is 5.98. The van der Waals surface area contributed by atoms with E-state index in [1.165, 1.54) is 0 Å². The first kappa shape index (κ1) is 11.0. The molecule has 0 aliphatic heterocycles. The van der Waals surface area contributed by atoms with Crippen molar-refractivity contribution in [1.29, 1.82) is 0 Å². The predicted octanol–water partition coefficient (Wildman–Crippen LogP) is 2.72. The molecule has 0 heterocycles. The van der Waals surface area contributed by atoms with Gasteiger partial charge in [0.25, 0.3) is 0 Å². The number of hydrogen-bond acceptors (Lipinski definition) is 3. The van der Waals surface area contributed by atoms with Crippen LogP contribution in [0.15, 0.2) is 12.1 Å². The van der Waals surface area contributed by atoms with Crippen LogP contribution in [-0.2, 0) is 0 Å². The maximum absolute atomic E-state index is 5.98. The summed E-state index contributed by atoms with van der Waals surface area (Å²) in [6, 6.07) is 3.52. The van der Waals surface area contributed by atoms with E-state index in [-0.39, 0.29) is 0 Å². The van der Waals surface area contributed by atoms with Crippen LogP contribution in [0.1, 0.15) is 13.8 Å². The summed E-state index contributed by atoms with van der Waals surface area (Å²) in [4.78, 5) is 0. The first-order valence-electron chi connectivity index (χ1n) is 4.54.